The van der Waals surface area contributed by atoms with E-state index in [2.05, 4.69) is 7.05 Å². The van der Waals surface area contributed by atoms with E-state index in [9.17, 15) is 4.79 Å². The molecule has 0 aliphatic carbocycles. The molecule has 0 radical (unpaired) electrons. The first-order valence-corrected chi connectivity index (χ1v) is 11.7. The van der Waals surface area contributed by atoms with Crippen molar-refractivity contribution in [3.05, 3.63) is 7.05 Å². The summed E-state index contributed by atoms with van der Waals surface area (Å²) >= 11 is 0. The molecule has 0 N–H and O–H groups in total. The maximum absolute atomic E-state index is 12.2. The Morgan fingerprint density at radius 1 is 0.800 bits per heavy atom. The summed E-state index contributed by atoms with van der Waals surface area (Å²) < 4.78 is 32.0. The summed E-state index contributed by atoms with van der Waals surface area (Å²) in [4.78, 5) is 13.6. The van der Waals surface area contributed by atoms with E-state index in [1.807, 2.05) is 0 Å². The molecule has 0 spiro atoms. The number of nitrogens with zero attached hydrogens (tertiary/aromatic N) is 1. The maximum atomic E-state index is 12.2. The van der Waals surface area contributed by atoms with Crippen molar-refractivity contribution in [2.45, 2.75) is 31.4 Å². The van der Waals surface area contributed by atoms with E-state index < -0.39 is 17.6 Å². The molecule has 0 bridgehead atoms. The molecule has 0 heterocycles. The molecule has 0 unspecified atom stereocenters. The van der Waals surface area contributed by atoms with Crippen LogP contribution in [0, 0.1) is 7.05 Å². The molecule has 0 aromatic carbocycles. The number of hydrogen-bond acceptors (Lipinski definition) is 7. The Labute approximate surface area is 148 Å². The summed E-state index contributed by atoms with van der Waals surface area (Å²) in [6, 6.07) is 1.12. The second-order valence-electron chi connectivity index (χ2n) is 5.21. The van der Waals surface area contributed by atoms with Gasteiger partial charge in [0.2, 0.25) is 0 Å². The van der Waals surface area contributed by atoms with Gasteiger partial charge in [-0.05, 0) is 19.4 Å². The van der Waals surface area contributed by atoms with Crippen molar-refractivity contribution in [3.63, 3.8) is 0 Å². The second-order valence-corrected chi connectivity index (χ2v) is 11.4. The van der Waals surface area contributed by atoms with Gasteiger partial charge in [-0.1, -0.05) is 0 Å². The summed E-state index contributed by atoms with van der Waals surface area (Å²) in [7, 11) is 7.91. The van der Waals surface area contributed by atoms with Crippen molar-refractivity contribution in [1.82, 2.24) is 4.90 Å². The minimum Gasteiger partial charge on any atom is -0.496 e. The zero-order valence-electron chi connectivity index (χ0n) is 16.5. The minimum absolute atomic E-state index is 0. The molecule has 0 aromatic rings. The van der Waals surface area contributed by atoms with Crippen LogP contribution in [0.1, 0.15) is 19.3 Å². The average Bonchev–Trinajstić information content (AvgIpc) is 2.63. The Morgan fingerprint density at radius 2 is 1.20 bits per heavy atom. The van der Waals surface area contributed by atoms with Crippen LogP contribution in [0.3, 0.4) is 0 Å². The van der Waals surface area contributed by atoms with Crippen LogP contribution in [0.15, 0.2) is 0 Å². The number of carbonyl (C=O) groups excluding carboxylic acids is 1. The number of amides is 1. The zero-order chi connectivity index (χ0) is 18.6. The molecule has 0 aromatic heterocycles. The fourth-order valence-electron chi connectivity index (χ4n) is 2.30. The van der Waals surface area contributed by atoms with Crippen LogP contribution in [0.2, 0.25) is 12.1 Å². The number of hydrogen-bond donors (Lipinski definition) is 0. The third-order valence-corrected chi connectivity index (χ3v) is 9.59. The summed E-state index contributed by atoms with van der Waals surface area (Å²) in [5.74, 6) is -0.0632. The van der Waals surface area contributed by atoms with Crippen molar-refractivity contribution in [2.24, 2.45) is 0 Å². The first kappa shape index (κ1) is 25.9. The molecular weight excluding hydrogens is 617 g/mol. The normalized spacial score (nSPS) is 12.0. The van der Waals surface area contributed by atoms with Gasteiger partial charge < -0.3 is 31.5 Å². The fourth-order valence-corrected chi connectivity index (χ4v) is 5.73. The van der Waals surface area contributed by atoms with Crippen LogP contribution in [0.25, 0.3) is 0 Å². The molecular formula is C14H32NO7RfSi2-. The summed E-state index contributed by atoms with van der Waals surface area (Å²) in [6.07, 6.45) is 1.90. The average molecular weight is 650 g/mol. The van der Waals surface area contributed by atoms with Gasteiger partial charge in [-0.15, -0.1) is 0 Å². The van der Waals surface area contributed by atoms with Crippen molar-refractivity contribution >= 4 is 23.5 Å². The van der Waals surface area contributed by atoms with Crippen molar-refractivity contribution < 1.29 is 31.4 Å². The van der Waals surface area contributed by atoms with Crippen LogP contribution in [0.5, 0.6) is 0 Å². The largest absolute Gasteiger partial charge is 0.500 e. The fraction of sp³-hybridized carbons (Fsp3) is 0.857. The first-order valence-electron chi connectivity index (χ1n) is 7.80. The van der Waals surface area contributed by atoms with E-state index >= 15 is 0 Å². The Bertz CT molecular complexity index is 342. The van der Waals surface area contributed by atoms with E-state index in [1.165, 1.54) is 26.2 Å². The number of rotatable bonds is 14. The van der Waals surface area contributed by atoms with Gasteiger partial charge in [0, 0.05) is 61.2 Å². The van der Waals surface area contributed by atoms with Gasteiger partial charge in [-0.25, -0.2) is 0 Å². The number of carbonyl (C=O) groups is 1. The van der Waals surface area contributed by atoms with E-state index in [-0.39, 0.29) is 12.3 Å². The Hall–Kier alpha value is -1.34. The van der Waals surface area contributed by atoms with Crippen molar-refractivity contribution in [1.29, 1.82) is 0 Å². The van der Waals surface area contributed by atoms with Gasteiger partial charge >= 0.3 is 17.6 Å². The smallest absolute Gasteiger partial charge is 0.496 e. The zero-order valence-corrected chi connectivity index (χ0v) is 24.9. The Balaban J connectivity index is 0. The molecule has 25 heavy (non-hydrogen) atoms. The van der Waals surface area contributed by atoms with Gasteiger partial charge in [-0.3, -0.25) is 11.8 Å². The van der Waals surface area contributed by atoms with Crippen LogP contribution in [-0.4, -0.2) is 77.6 Å². The predicted octanol–water partition coefficient (Wildman–Crippen LogP) is 1.53. The third kappa shape index (κ3) is 8.05. The van der Waals surface area contributed by atoms with Crippen molar-refractivity contribution in [2.75, 3.05) is 49.2 Å². The van der Waals surface area contributed by atoms with Gasteiger partial charge in [-0.2, -0.15) is 0 Å². The van der Waals surface area contributed by atoms with Gasteiger partial charge in [0.15, 0.2) is 5.91 Å². The molecule has 1 amide bonds. The molecule has 0 aliphatic rings. The van der Waals surface area contributed by atoms with Gasteiger partial charge in [0.25, 0.3) is 0 Å². The standard InChI is InChI=1S/C14H32NO7Si2.Rf/c1-15(11-8-9-12-23(17-2,18-3)19-4)14(16)10-13-24(20-5,21-6)22-7;/h1,8-13H2,2-7H3;/q-1;. The van der Waals surface area contributed by atoms with E-state index in [0.29, 0.717) is 18.6 Å². The Kier molecular flexibility index (Phi) is 13.4. The van der Waals surface area contributed by atoms with Gasteiger partial charge in [0.05, 0.1) is 0 Å². The molecule has 0 rings (SSSR count). The predicted molar refractivity (Wildman–Crippen MR) is 94.1 cm³/mol. The molecule has 8 nitrogen and oxygen atoms in total. The topological polar surface area (TPSA) is 75.7 Å². The monoisotopic (exact) mass is 649 g/mol. The van der Waals surface area contributed by atoms with E-state index in [1.54, 1.807) is 21.3 Å². The second kappa shape index (κ2) is 12.9. The summed E-state index contributed by atoms with van der Waals surface area (Å²) in [5.41, 5.74) is 0. The van der Waals surface area contributed by atoms with Crippen LogP contribution < -0.4 is 0 Å². The molecule has 0 fully saturated rings. The molecule has 11 heteroatoms. The van der Waals surface area contributed by atoms with E-state index in [4.69, 9.17) is 26.6 Å². The summed E-state index contributed by atoms with van der Waals surface area (Å²) in [6.45, 7) is 0.557. The maximum Gasteiger partial charge on any atom is 0.500 e. The van der Waals surface area contributed by atoms with Crippen LogP contribution in [0.4, 0.5) is 0 Å². The quantitative estimate of drug-likeness (QED) is 0.161. The molecule has 0 saturated heterocycles. The van der Waals surface area contributed by atoms with Crippen LogP contribution in [-0.2, 0) is 31.4 Å². The third-order valence-electron chi connectivity index (χ3n) is 4.02. The molecule has 0 aliphatic heterocycles. The summed E-state index contributed by atoms with van der Waals surface area (Å²) in [5, 5.41) is 0. The van der Waals surface area contributed by atoms with E-state index in [0.717, 1.165) is 12.8 Å². The van der Waals surface area contributed by atoms with Crippen LogP contribution >= 0.6 is 0 Å². The molecule has 0 atom stereocenters. The van der Waals surface area contributed by atoms with Crippen molar-refractivity contribution in [3.8, 4) is 0 Å². The molecule has 0 saturated carbocycles. The molecule has 146 valence electrons. The Morgan fingerprint density at radius 3 is 1.60 bits per heavy atom. The SMILES string of the molecule is [CH2-]N(CCCC[Si](OC)(OC)OC)C(=O)CC[Si](OC)(OC)OC.[Rf]. The number of unbranched alkanes of at least 4 members (excludes halogenated alkanes) is 1. The first-order chi connectivity index (χ1) is 11.4. The minimum atomic E-state index is -2.72. The van der Waals surface area contributed by atoms with Gasteiger partial charge in [0.1, 0.15) is 0 Å².